The number of fused-ring (bicyclic) bond motifs is 4. The van der Waals surface area contributed by atoms with Gasteiger partial charge in [0.1, 0.15) is 0 Å². The van der Waals surface area contributed by atoms with E-state index in [0.29, 0.717) is 0 Å². The molecule has 0 aromatic heterocycles. The van der Waals surface area contributed by atoms with E-state index in [2.05, 4.69) is 173 Å². The Morgan fingerprint density at radius 1 is 0.413 bits per heavy atom. The molecule has 0 spiro atoms. The minimum Gasteiger partial charge on any atom is -0.149 e. The van der Waals surface area contributed by atoms with E-state index in [-0.39, 0.29) is 50.7 Å². The first-order valence-corrected chi connectivity index (χ1v) is 17.0. The Kier molecular flexibility index (Phi) is 13.8. The minimum atomic E-state index is 0. The van der Waals surface area contributed by atoms with E-state index in [0.717, 1.165) is 9.52 Å². The summed E-state index contributed by atoms with van der Waals surface area (Å²) in [7, 11) is 1.08. The van der Waals surface area contributed by atoms with Gasteiger partial charge in [0, 0.05) is 35.4 Å². The van der Waals surface area contributed by atoms with E-state index in [1.807, 2.05) is 0 Å². The molecule has 0 bridgehead atoms. The first kappa shape index (κ1) is 37.2. The zero-order chi connectivity index (χ0) is 29.8. The van der Waals surface area contributed by atoms with Crippen molar-refractivity contribution in [2.75, 3.05) is 0 Å². The van der Waals surface area contributed by atoms with E-state index in [1.165, 1.54) is 76.5 Å². The van der Waals surface area contributed by atoms with Crippen molar-refractivity contribution in [2.24, 2.45) is 0 Å². The predicted octanol–water partition coefficient (Wildman–Crippen LogP) is 13.0. The average molecular weight is 820 g/mol. The second-order valence-electron chi connectivity index (χ2n) is 11.1. The van der Waals surface area contributed by atoms with Crippen LogP contribution >= 0.6 is 24.8 Å². The summed E-state index contributed by atoms with van der Waals surface area (Å²) in [5, 5.41) is 10.6. The summed E-state index contributed by atoms with van der Waals surface area (Å²) in [6.07, 6.45) is 0. The standard InChI is InChI=1S/2C20H15.C2H6Si.2ClH.Hf/c2*1-14-13-16-8-3-5-11-18(16)20(14)19-12-6-9-15-7-2-4-10-17(15)19;1-3-2;;;/h2*2-13H,1H3;1-2H3;2*1H;/q2*-1;;;;. The maximum Gasteiger partial charge on any atom is 0.0307 e. The molecule has 2 radical (unpaired) electrons. The molecule has 230 valence electrons. The molecule has 4 heteroatoms. The van der Waals surface area contributed by atoms with Gasteiger partial charge in [0.2, 0.25) is 0 Å². The van der Waals surface area contributed by atoms with Crippen molar-refractivity contribution in [1.29, 1.82) is 0 Å². The van der Waals surface area contributed by atoms with Gasteiger partial charge in [-0.25, -0.2) is 0 Å². The fraction of sp³-hybridized carbons (Fsp3) is 0.0952. The summed E-state index contributed by atoms with van der Waals surface area (Å²) >= 11 is 0. The summed E-state index contributed by atoms with van der Waals surface area (Å²) in [4.78, 5) is 0. The van der Waals surface area contributed by atoms with Crippen LogP contribution in [0.3, 0.4) is 0 Å². The third-order valence-corrected chi connectivity index (χ3v) is 8.11. The maximum atomic E-state index is 2.28. The Balaban J connectivity index is 0.000000218. The Morgan fingerprint density at radius 2 is 0.717 bits per heavy atom. The van der Waals surface area contributed by atoms with Gasteiger partial charge in [-0.05, 0) is 21.5 Å². The Bertz CT molecular complexity index is 2010. The largest absolute Gasteiger partial charge is 0.149 e. The van der Waals surface area contributed by atoms with Crippen LogP contribution < -0.4 is 0 Å². The van der Waals surface area contributed by atoms with Gasteiger partial charge in [-0.1, -0.05) is 135 Å². The third-order valence-electron chi connectivity index (χ3n) is 8.11. The molecule has 0 aliphatic carbocycles. The van der Waals surface area contributed by atoms with Gasteiger partial charge in [0.25, 0.3) is 0 Å². The van der Waals surface area contributed by atoms with Crippen molar-refractivity contribution < 1.29 is 25.8 Å². The van der Waals surface area contributed by atoms with Crippen LogP contribution in [0, 0.1) is 13.8 Å². The second-order valence-corrected chi connectivity index (χ2v) is 12.1. The van der Waals surface area contributed by atoms with Gasteiger partial charge in [-0.3, -0.25) is 0 Å². The Morgan fingerprint density at radius 3 is 1.11 bits per heavy atom. The number of halogens is 2. The summed E-state index contributed by atoms with van der Waals surface area (Å²) in [5.74, 6) is 0. The van der Waals surface area contributed by atoms with Crippen LogP contribution in [-0.4, -0.2) is 9.52 Å². The number of benzene rings is 6. The van der Waals surface area contributed by atoms with Crippen molar-refractivity contribution in [3.63, 3.8) is 0 Å². The molecule has 0 aliphatic heterocycles. The van der Waals surface area contributed by atoms with Gasteiger partial charge in [-0.2, -0.15) is 0 Å². The fourth-order valence-electron chi connectivity index (χ4n) is 6.34. The molecule has 0 nitrogen and oxygen atoms in total. The fourth-order valence-corrected chi connectivity index (χ4v) is 6.34. The van der Waals surface area contributed by atoms with Gasteiger partial charge >= 0.3 is 0 Å². The quantitative estimate of drug-likeness (QED) is 0.120. The smallest absolute Gasteiger partial charge is 0.0307 e. The SMILES string of the molecule is C[Si]C.Cc1[cH-]c2ccccc2c1-c1cccc2ccccc12.Cc1[cH-]c2ccccc2c1-c1cccc2ccccc12.Cl.Cl.[Hf]. The van der Waals surface area contributed by atoms with Gasteiger partial charge in [0.05, 0.1) is 0 Å². The summed E-state index contributed by atoms with van der Waals surface area (Å²) in [6, 6.07) is 52.2. The predicted molar refractivity (Wildman–Crippen MR) is 206 cm³/mol. The zero-order valence-electron chi connectivity index (χ0n) is 26.7. The maximum absolute atomic E-state index is 2.28. The van der Waals surface area contributed by atoms with Crippen molar-refractivity contribution >= 4 is 77.4 Å². The molecule has 0 N–H and O–H groups in total. The molecule has 0 atom stereocenters. The summed E-state index contributed by atoms with van der Waals surface area (Å²) in [5.41, 5.74) is 8.11. The molecule has 46 heavy (non-hydrogen) atoms. The van der Waals surface area contributed by atoms with Crippen molar-refractivity contribution in [3.05, 3.63) is 157 Å². The summed E-state index contributed by atoms with van der Waals surface area (Å²) < 4.78 is 0. The van der Waals surface area contributed by atoms with Gasteiger partial charge in [0.15, 0.2) is 0 Å². The van der Waals surface area contributed by atoms with E-state index in [4.69, 9.17) is 0 Å². The van der Waals surface area contributed by atoms with Crippen LogP contribution in [0.15, 0.2) is 146 Å². The third kappa shape index (κ3) is 7.48. The van der Waals surface area contributed by atoms with E-state index < -0.39 is 0 Å². The molecule has 8 aromatic rings. The topological polar surface area (TPSA) is 0 Å². The molecule has 8 rings (SSSR count). The van der Waals surface area contributed by atoms with Crippen LogP contribution in [0.5, 0.6) is 0 Å². The molecule has 0 heterocycles. The van der Waals surface area contributed by atoms with Gasteiger partial charge < -0.3 is 0 Å². The molecular weight excluding hydrogens is 782 g/mol. The molecule has 8 aromatic carbocycles. The number of aryl methyl sites for hydroxylation is 2. The molecule has 0 aliphatic rings. The molecule has 0 fully saturated rings. The molecule has 0 saturated heterocycles. The van der Waals surface area contributed by atoms with Crippen LogP contribution in [0.1, 0.15) is 11.1 Å². The summed E-state index contributed by atoms with van der Waals surface area (Å²) in [6.45, 7) is 8.72. The molecule has 0 amide bonds. The van der Waals surface area contributed by atoms with Crippen LogP contribution in [0.25, 0.3) is 65.3 Å². The number of hydrogen-bond acceptors (Lipinski definition) is 0. The van der Waals surface area contributed by atoms with Crippen LogP contribution in [-0.2, 0) is 25.8 Å². The first-order valence-electron chi connectivity index (χ1n) is 15.0. The first-order chi connectivity index (χ1) is 21.1. The monoisotopic (exact) mass is 820 g/mol. The molecular formula is C42H38Cl2HfSi-2. The normalized spacial score (nSPS) is 10.2. The van der Waals surface area contributed by atoms with Crippen LogP contribution in [0.4, 0.5) is 0 Å². The minimum absolute atomic E-state index is 0. The Labute approximate surface area is 307 Å². The van der Waals surface area contributed by atoms with Crippen LogP contribution in [0.2, 0.25) is 13.1 Å². The number of rotatable bonds is 2. The molecule has 0 unspecified atom stereocenters. The molecule has 0 saturated carbocycles. The Hall–Kier alpha value is -3.27. The van der Waals surface area contributed by atoms with Gasteiger partial charge in [-0.15, -0.1) is 117 Å². The second kappa shape index (κ2) is 17.0. The van der Waals surface area contributed by atoms with E-state index in [1.54, 1.807) is 0 Å². The zero-order valence-corrected chi connectivity index (χ0v) is 32.9. The van der Waals surface area contributed by atoms with Crippen molar-refractivity contribution in [2.45, 2.75) is 26.9 Å². The number of hydrogen-bond donors (Lipinski definition) is 0. The van der Waals surface area contributed by atoms with Crippen molar-refractivity contribution in [3.8, 4) is 22.3 Å². The average Bonchev–Trinajstić information content (AvgIpc) is 3.56. The van der Waals surface area contributed by atoms with E-state index in [9.17, 15) is 0 Å². The van der Waals surface area contributed by atoms with Crippen molar-refractivity contribution in [1.82, 2.24) is 0 Å². The van der Waals surface area contributed by atoms with E-state index >= 15 is 0 Å².